The molecule has 2 aromatic rings. The fourth-order valence-electron chi connectivity index (χ4n) is 2.22. The van der Waals surface area contributed by atoms with Crippen molar-refractivity contribution in [1.82, 2.24) is 0 Å². The molecular weight excluding hydrogens is 332 g/mol. The van der Waals surface area contributed by atoms with E-state index in [1.54, 1.807) is 14.2 Å². The van der Waals surface area contributed by atoms with Crippen LogP contribution in [0.4, 0.5) is 0 Å². The fourth-order valence-corrected chi connectivity index (χ4v) is 2.63. The molecule has 0 fully saturated rings. The summed E-state index contributed by atoms with van der Waals surface area (Å²) >= 11 is 3.51. The average molecular weight is 351 g/mol. The van der Waals surface area contributed by atoms with Gasteiger partial charge in [-0.25, -0.2) is 0 Å². The Morgan fingerprint density at radius 3 is 2.67 bits per heavy atom. The van der Waals surface area contributed by atoms with Crippen LogP contribution in [0.3, 0.4) is 0 Å². The first-order valence-corrected chi connectivity index (χ1v) is 7.51. The molecule has 0 bridgehead atoms. The first-order chi connectivity index (χ1) is 10.1. The summed E-state index contributed by atoms with van der Waals surface area (Å²) in [6.45, 7) is 0.545. The van der Waals surface area contributed by atoms with E-state index in [0.29, 0.717) is 13.0 Å². The Bertz CT molecular complexity index is 598. The summed E-state index contributed by atoms with van der Waals surface area (Å²) in [5.74, 6) is 0.786. The highest BCUT2D eigenvalue weighted by Gasteiger charge is 2.12. The van der Waals surface area contributed by atoms with Gasteiger partial charge in [0.05, 0.1) is 19.8 Å². The Morgan fingerprint density at radius 1 is 1.14 bits per heavy atom. The van der Waals surface area contributed by atoms with Crippen molar-refractivity contribution in [2.45, 2.75) is 19.1 Å². The predicted octanol–water partition coefficient (Wildman–Crippen LogP) is 3.88. The van der Waals surface area contributed by atoms with Crippen molar-refractivity contribution in [2.75, 3.05) is 14.2 Å². The highest BCUT2D eigenvalue weighted by molar-refractivity contribution is 9.10. The maximum atomic E-state index is 10.5. The van der Waals surface area contributed by atoms with Gasteiger partial charge in [0.15, 0.2) is 0 Å². The van der Waals surface area contributed by atoms with Crippen LogP contribution in [0.1, 0.15) is 22.8 Å². The lowest BCUT2D eigenvalue weighted by molar-refractivity contribution is 0.175. The van der Waals surface area contributed by atoms with E-state index in [1.165, 1.54) is 0 Å². The zero-order valence-corrected chi connectivity index (χ0v) is 13.8. The molecule has 0 radical (unpaired) electrons. The third kappa shape index (κ3) is 4.30. The van der Waals surface area contributed by atoms with Crippen LogP contribution in [0, 0.1) is 0 Å². The minimum Gasteiger partial charge on any atom is -0.497 e. The second-order valence-electron chi connectivity index (χ2n) is 4.86. The van der Waals surface area contributed by atoms with E-state index < -0.39 is 6.10 Å². The Morgan fingerprint density at radius 2 is 1.95 bits per heavy atom. The molecule has 0 heterocycles. The van der Waals surface area contributed by atoms with Crippen LogP contribution >= 0.6 is 15.9 Å². The van der Waals surface area contributed by atoms with E-state index in [1.807, 2.05) is 42.5 Å². The van der Waals surface area contributed by atoms with Gasteiger partial charge in [-0.1, -0.05) is 40.2 Å². The number of aliphatic hydroxyl groups is 1. The van der Waals surface area contributed by atoms with Crippen molar-refractivity contribution >= 4 is 15.9 Å². The zero-order chi connectivity index (χ0) is 15.2. The van der Waals surface area contributed by atoms with Crippen LogP contribution in [-0.4, -0.2) is 19.3 Å². The van der Waals surface area contributed by atoms with Crippen LogP contribution in [0.25, 0.3) is 0 Å². The van der Waals surface area contributed by atoms with E-state index in [9.17, 15) is 5.11 Å². The molecule has 1 N–H and O–H groups in total. The van der Waals surface area contributed by atoms with Gasteiger partial charge in [-0.05, 0) is 34.9 Å². The molecule has 112 valence electrons. The minimum absolute atomic E-state index is 0.522. The topological polar surface area (TPSA) is 38.7 Å². The Balaban J connectivity index is 2.17. The SMILES string of the molecule is COCc1cccc(C(O)Cc2cc(OC)ccc2Br)c1. The molecule has 1 unspecified atom stereocenters. The molecule has 1 atom stereocenters. The molecule has 4 heteroatoms. The molecule has 0 aromatic heterocycles. The smallest absolute Gasteiger partial charge is 0.119 e. The minimum atomic E-state index is -0.565. The molecule has 0 spiro atoms. The molecule has 3 nitrogen and oxygen atoms in total. The van der Waals surface area contributed by atoms with E-state index in [-0.39, 0.29) is 0 Å². The molecule has 0 aliphatic rings. The molecule has 2 aromatic carbocycles. The van der Waals surface area contributed by atoms with Gasteiger partial charge >= 0.3 is 0 Å². The molecule has 0 aliphatic heterocycles. The number of hydrogen-bond acceptors (Lipinski definition) is 3. The third-order valence-electron chi connectivity index (χ3n) is 3.31. The van der Waals surface area contributed by atoms with Gasteiger partial charge < -0.3 is 14.6 Å². The van der Waals surface area contributed by atoms with E-state index in [2.05, 4.69) is 15.9 Å². The molecule has 2 rings (SSSR count). The van der Waals surface area contributed by atoms with Crippen LogP contribution in [0.15, 0.2) is 46.9 Å². The highest BCUT2D eigenvalue weighted by Crippen LogP contribution is 2.27. The Hall–Kier alpha value is -1.36. The van der Waals surface area contributed by atoms with Gasteiger partial charge in [0.25, 0.3) is 0 Å². The molecular formula is C17H19BrO3. The Kier molecular flexibility index (Phi) is 5.79. The van der Waals surface area contributed by atoms with Crippen molar-refractivity contribution < 1.29 is 14.6 Å². The van der Waals surface area contributed by atoms with Crippen molar-refractivity contribution in [3.8, 4) is 5.75 Å². The highest BCUT2D eigenvalue weighted by atomic mass is 79.9. The van der Waals surface area contributed by atoms with Gasteiger partial charge in [0, 0.05) is 18.0 Å². The summed E-state index contributed by atoms with van der Waals surface area (Å²) < 4.78 is 11.3. The van der Waals surface area contributed by atoms with E-state index in [0.717, 1.165) is 26.9 Å². The van der Waals surface area contributed by atoms with Crippen LogP contribution < -0.4 is 4.74 Å². The number of aliphatic hydroxyl groups excluding tert-OH is 1. The molecule has 0 saturated heterocycles. The first kappa shape index (κ1) is 16.0. The van der Waals surface area contributed by atoms with Gasteiger partial charge in [-0.3, -0.25) is 0 Å². The third-order valence-corrected chi connectivity index (χ3v) is 4.09. The second-order valence-corrected chi connectivity index (χ2v) is 5.71. The lowest BCUT2D eigenvalue weighted by Crippen LogP contribution is -2.03. The summed E-state index contributed by atoms with van der Waals surface area (Å²) in [6.07, 6.45) is -0.0426. The average Bonchev–Trinajstić information content (AvgIpc) is 2.50. The zero-order valence-electron chi connectivity index (χ0n) is 12.2. The number of benzene rings is 2. The first-order valence-electron chi connectivity index (χ1n) is 6.72. The van der Waals surface area contributed by atoms with Crippen LogP contribution in [0.5, 0.6) is 5.75 Å². The number of ether oxygens (including phenoxy) is 2. The summed E-state index contributed by atoms with van der Waals surface area (Å²) in [6, 6.07) is 13.6. The maximum Gasteiger partial charge on any atom is 0.119 e. The maximum absolute atomic E-state index is 10.5. The normalized spacial score (nSPS) is 12.2. The quantitative estimate of drug-likeness (QED) is 0.859. The largest absolute Gasteiger partial charge is 0.497 e. The number of halogens is 1. The summed E-state index contributed by atoms with van der Waals surface area (Å²) in [4.78, 5) is 0. The van der Waals surface area contributed by atoms with Crippen LogP contribution in [-0.2, 0) is 17.8 Å². The molecule has 0 amide bonds. The van der Waals surface area contributed by atoms with Gasteiger partial charge in [0.2, 0.25) is 0 Å². The second kappa shape index (κ2) is 7.59. The Labute approximate surface area is 133 Å². The lowest BCUT2D eigenvalue weighted by Gasteiger charge is -2.14. The molecule has 21 heavy (non-hydrogen) atoms. The summed E-state index contributed by atoms with van der Waals surface area (Å²) in [5.41, 5.74) is 2.96. The van der Waals surface area contributed by atoms with Crippen LogP contribution in [0.2, 0.25) is 0 Å². The van der Waals surface area contributed by atoms with E-state index in [4.69, 9.17) is 9.47 Å². The molecule has 0 saturated carbocycles. The number of hydrogen-bond donors (Lipinski definition) is 1. The van der Waals surface area contributed by atoms with Crippen molar-refractivity contribution in [2.24, 2.45) is 0 Å². The van der Waals surface area contributed by atoms with E-state index >= 15 is 0 Å². The lowest BCUT2D eigenvalue weighted by atomic mass is 10.00. The summed E-state index contributed by atoms with van der Waals surface area (Å²) in [7, 11) is 3.30. The van der Waals surface area contributed by atoms with Gasteiger partial charge in [-0.15, -0.1) is 0 Å². The van der Waals surface area contributed by atoms with Crippen molar-refractivity contribution in [1.29, 1.82) is 0 Å². The van der Waals surface area contributed by atoms with Gasteiger partial charge in [0.1, 0.15) is 5.75 Å². The fraction of sp³-hybridized carbons (Fsp3) is 0.294. The monoisotopic (exact) mass is 350 g/mol. The molecule has 0 aliphatic carbocycles. The van der Waals surface area contributed by atoms with Crippen molar-refractivity contribution in [3.05, 3.63) is 63.6 Å². The standard InChI is InChI=1S/C17H19BrO3/c1-20-11-12-4-3-5-13(8-12)17(19)10-14-9-15(21-2)6-7-16(14)18/h3-9,17,19H,10-11H2,1-2H3. The predicted molar refractivity (Wildman–Crippen MR) is 86.5 cm³/mol. The van der Waals surface area contributed by atoms with Crippen molar-refractivity contribution in [3.63, 3.8) is 0 Å². The van der Waals surface area contributed by atoms with Gasteiger partial charge in [-0.2, -0.15) is 0 Å². The number of methoxy groups -OCH3 is 2. The number of rotatable bonds is 6. The summed E-state index contributed by atoms with van der Waals surface area (Å²) in [5, 5.41) is 10.5.